The number of piperidine rings is 1. The summed E-state index contributed by atoms with van der Waals surface area (Å²) in [6.45, 7) is 6.80. The highest BCUT2D eigenvalue weighted by Gasteiger charge is 2.29. The van der Waals surface area contributed by atoms with Gasteiger partial charge >= 0.3 is 0 Å². The number of carbonyl (C=O) groups excluding carboxylic acids is 1. The zero-order valence-electron chi connectivity index (χ0n) is 22.2. The summed E-state index contributed by atoms with van der Waals surface area (Å²) >= 11 is 1.65. The molecule has 1 aromatic carbocycles. The van der Waals surface area contributed by atoms with E-state index in [9.17, 15) is 10.1 Å². The molecule has 2 N–H and O–H groups in total. The van der Waals surface area contributed by atoms with Gasteiger partial charge in [0.05, 0.1) is 30.4 Å². The van der Waals surface area contributed by atoms with Crippen LogP contribution in [0.1, 0.15) is 18.4 Å². The van der Waals surface area contributed by atoms with Gasteiger partial charge in [-0.25, -0.2) is 9.29 Å². The predicted octanol–water partition coefficient (Wildman–Crippen LogP) is 3.10. The van der Waals surface area contributed by atoms with E-state index in [4.69, 9.17) is 9.47 Å². The molecule has 0 bridgehead atoms. The van der Waals surface area contributed by atoms with Crippen molar-refractivity contribution < 1.29 is 14.3 Å². The first-order valence-electron chi connectivity index (χ1n) is 12.4. The molecule has 12 heteroatoms. The number of aromatic nitrogens is 2. The van der Waals surface area contributed by atoms with E-state index < -0.39 is 0 Å². The molecule has 2 saturated heterocycles. The predicted molar refractivity (Wildman–Crippen MR) is 150 cm³/mol. The summed E-state index contributed by atoms with van der Waals surface area (Å²) in [5, 5.41) is 15.6. The van der Waals surface area contributed by atoms with Crippen molar-refractivity contribution in [2.24, 2.45) is 0 Å². The maximum Gasteiger partial charge on any atom is 0.247 e. The number of nitrogens with zero attached hydrogens (tertiary/aromatic N) is 6. The van der Waals surface area contributed by atoms with Crippen LogP contribution < -0.4 is 25.0 Å². The average Bonchev–Trinajstić information content (AvgIpc) is 2.90. The highest BCUT2D eigenvalue weighted by atomic mass is 32.2. The molecule has 3 heterocycles. The number of nitriles is 1. The monoisotopic (exact) mass is 538 g/mol. The number of benzene rings is 1. The molecule has 38 heavy (non-hydrogen) atoms. The van der Waals surface area contributed by atoms with Crippen LogP contribution in [0.4, 0.5) is 23.0 Å². The zero-order valence-corrected chi connectivity index (χ0v) is 23.0. The van der Waals surface area contributed by atoms with Crippen molar-refractivity contribution in [3.05, 3.63) is 36.5 Å². The molecule has 2 aliphatic rings. The summed E-state index contributed by atoms with van der Waals surface area (Å²) in [5.74, 6) is 0.737. The van der Waals surface area contributed by atoms with E-state index in [0.29, 0.717) is 23.2 Å². The van der Waals surface area contributed by atoms with Gasteiger partial charge in [-0.2, -0.15) is 10.2 Å². The fourth-order valence-electron chi connectivity index (χ4n) is 4.50. The van der Waals surface area contributed by atoms with Crippen molar-refractivity contribution in [3.63, 3.8) is 0 Å². The summed E-state index contributed by atoms with van der Waals surface area (Å²) in [5.41, 5.74) is 2.32. The zero-order chi connectivity index (χ0) is 27.2. The largest absolute Gasteiger partial charge is 0.494 e. The van der Waals surface area contributed by atoms with Crippen LogP contribution in [0, 0.1) is 11.3 Å². The van der Waals surface area contributed by atoms with E-state index in [1.54, 1.807) is 25.1 Å². The first-order chi connectivity index (χ1) is 18.3. The van der Waals surface area contributed by atoms with Crippen molar-refractivity contribution in [1.29, 1.82) is 5.26 Å². The number of carbonyl (C=O) groups is 1. The van der Waals surface area contributed by atoms with E-state index in [0.717, 1.165) is 44.7 Å². The summed E-state index contributed by atoms with van der Waals surface area (Å²) < 4.78 is 13.8. The van der Waals surface area contributed by atoms with Crippen LogP contribution in [0.15, 0.2) is 31.0 Å². The van der Waals surface area contributed by atoms with E-state index in [1.165, 1.54) is 12.3 Å². The van der Waals surface area contributed by atoms with Gasteiger partial charge in [0, 0.05) is 38.3 Å². The molecule has 0 unspecified atom stereocenters. The molecule has 2 aliphatic heterocycles. The molecule has 0 radical (unpaired) electrons. The van der Waals surface area contributed by atoms with Crippen molar-refractivity contribution >= 4 is 40.9 Å². The van der Waals surface area contributed by atoms with Crippen LogP contribution in [0.25, 0.3) is 0 Å². The van der Waals surface area contributed by atoms with Gasteiger partial charge in [-0.15, -0.1) is 0 Å². The lowest BCUT2D eigenvalue weighted by molar-refractivity contribution is -0.111. The minimum Gasteiger partial charge on any atom is -0.494 e. The second-order valence-electron chi connectivity index (χ2n) is 9.36. The van der Waals surface area contributed by atoms with Crippen LogP contribution in [-0.2, 0) is 4.79 Å². The fraction of sp³-hybridized carbons (Fsp3) is 0.462. The minimum atomic E-state index is -0.310. The maximum atomic E-state index is 12.3. The Morgan fingerprint density at radius 2 is 2.03 bits per heavy atom. The number of rotatable bonds is 10. The van der Waals surface area contributed by atoms with E-state index in [-0.39, 0.29) is 29.4 Å². The van der Waals surface area contributed by atoms with E-state index >= 15 is 0 Å². The lowest BCUT2D eigenvalue weighted by atomic mass is 10.0. The van der Waals surface area contributed by atoms with Crippen LogP contribution >= 0.6 is 11.9 Å². The van der Waals surface area contributed by atoms with Gasteiger partial charge in [0.25, 0.3) is 0 Å². The molecular weight excluding hydrogens is 504 g/mol. The van der Waals surface area contributed by atoms with Crippen molar-refractivity contribution in [2.75, 3.05) is 69.2 Å². The van der Waals surface area contributed by atoms with Gasteiger partial charge in [-0.3, -0.25) is 4.79 Å². The Balaban J connectivity index is 1.61. The Kier molecular flexibility index (Phi) is 8.93. The normalized spacial score (nSPS) is 16.5. The van der Waals surface area contributed by atoms with Crippen molar-refractivity contribution in [3.8, 4) is 17.7 Å². The summed E-state index contributed by atoms with van der Waals surface area (Å²) in [4.78, 5) is 25.6. The Morgan fingerprint density at radius 1 is 1.29 bits per heavy atom. The first-order valence-corrected chi connectivity index (χ1v) is 13.6. The van der Waals surface area contributed by atoms with Gasteiger partial charge in [0.2, 0.25) is 17.7 Å². The quantitative estimate of drug-likeness (QED) is 0.343. The van der Waals surface area contributed by atoms with Gasteiger partial charge in [0.15, 0.2) is 0 Å². The lowest BCUT2D eigenvalue weighted by Crippen LogP contribution is -2.50. The highest BCUT2D eigenvalue weighted by molar-refractivity contribution is 7.96. The number of nitrogens with one attached hydrogen (secondary N) is 2. The molecule has 0 aliphatic carbocycles. The van der Waals surface area contributed by atoms with Crippen molar-refractivity contribution in [1.82, 2.24) is 19.2 Å². The molecule has 4 rings (SSSR count). The maximum absolute atomic E-state index is 12.3. The first kappa shape index (κ1) is 27.5. The molecule has 0 spiro atoms. The van der Waals surface area contributed by atoms with Crippen LogP contribution in [0.5, 0.6) is 11.6 Å². The number of amides is 1. The van der Waals surface area contributed by atoms with E-state index in [1.807, 2.05) is 12.3 Å². The lowest BCUT2D eigenvalue weighted by Gasteiger charge is -2.37. The topological polar surface area (TPSA) is 119 Å². The van der Waals surface area contributed by atoms with Crippen LogP contribution in [0.3, 0.4) is 0 Å². The van der Waals surface area contributed by atoms with E-state index in [2.05, 4.69) is 61.5 Å². The molecule has 202 valence electrons. The van der Waals surface area contributed by atoms with Crippen molar-refractivity contribution in [2.45, 2.75) is 25.0 Å². The Bertz CT molecular complexity index is 1200. The second kappa shape index (κ2) is 12.3. The van der Waals surface area contributed by atoms with Crippen LogP contribution in [0.2, 0.25) is 0 Å². The molecule has 0 atom stereocenters. The number of ether oxygens (including phenoxy) is 2. The number of anilines is 4. The van der Waals surface area contributed by atoms with Gasteiger partial charge < -0.3 is 29.9 Å². The summed E-state index contributed by atoms with van der Waals surface area (Å²) in [7, 11) is 5.80. The van der Waals surface area contributed by atoms with Gasteiger partial charge in [-0.05, 0) is 45.3 Å². The summed E-state index contributed by atoms with van der Waals surface area (Å²) in [6.07, 6.45) is 6.68. The Morgan fingerprint density at radius 3 is 2.63 bits per heavy atom. The third-order valence-corrected chi connectivity index (χ3v) is 7.58. The van der Waals surface area contributed by atoms with Gasteiger partial charge in [0.1, 0.15) is 23.5 Å². The Labute approximate surface area is 227 Å². The molecule has 1 amide bonds. The molecular formula is C26H34N8O3S. The molecule has 1 aromatic heterocycles. The van der Waals surface area contributed by atoms with Gasteiger partial charge in [-0.1, -0.05) is 18.5 Å². The number of hydrogen-bond acceptors (Lipinski definition) is 11. The summed E-state index contributed by atoms with van der Waals surface area (Å²) in [6, 6.07) is 6.32. The molecule has 2 aromatic rings. The molecule has 0 saturated carbocycles. The average molecular weight is 539 g/mol. The van der Waals surface area contributed by atoms with Crippen LogP contribution in [-0.4, -0.2) is 90.9 Å². The Hall–Kier alpha value is -3.53. The fourth-order valence-corrected chi connectivity index (χ4v) is 5.13. The second-order valence-corrected chi connectivity index (χ2v) is 10.2. The standard InChI is InChI=1S/C26H34N8O3S/c1-6-24(35)29-20-11-21(23(36-4)12-22(20)33-9-7-18(8-10-33)32(2)3)30-26-28-14-17(13-27)25(31-26)37-19-15-34(16-19)38-5/h6,11-12,14,18-19H,1,7-10,15-16H2,2-5H3,(H,29,35)(H,28,30,31). The number of hydrogen-bond donors (Lipinski definition) is 2. The number of methoxy groups -OCH3 is 1. The molecule has 11 nitrogen and oxygen atoms in total. The minimum absolute atomic E-state index is 0.0384. The highest BCUT2D eigenvalue weighted by Crippen LogP contribution is 2.39. The molecule has 2 fully saturated rings. The SMILES string of the molecule is C=CC(=O)Nc1cc(Nc2ncc(C#N)c(OC3CN(SC)C3)n2)c(OC)cc1N1CCC(N(C)C)CC1. The smallest absolute Gasteiger partial charge is 0.247 e. The third kappa shape index (κ3) is 6.30. The third-order valence-electron chi connectivity index (χ3n) is 6.77.